The highest BCUT2D eigenvalue weighted by molar-refractivity contribution is 6.80. The van der Waals surface area contributed by atoms with Crippen LogP contribution in [-0.4, -0.2) is 25.2 Å². The molecule has 155 valence electrons. The van der Waals surface area contributed by atoms with E-state index in [1.165, 1.54) is 11.6 Å². The number of hydrogen-bond acceptors (Lipinski definition) is 3. The fourth-order valence-electron chi connectivity index (χ4n) is 3.19. The zero-order valence-corrected chi connectivity index (χ0v) is 18.9. The Bertz CT molecular complexity index is 1030. The number of phenols is 1. The Hall–Kier alpha value is -2.76. The number of halogens is 1. The normalized spacial score (nSPS) is 11.5. The highest BCUT2D eigenvalue weighted by Crippen LogP contribution is 2.31. The molecular weight excluding hydrogens is 416 g/mol. The van der Waals surface area contributed by atoms with Crippen molar-refractivity contribution in [3.63, 3.8) is 0 Å². The maximum atomic E-state index is 11.6. The molecule has 30 heavy (non-hydrogen) atoms. The van der Waals surface area contributed by atoms with E-state index in [1.54, 1.807) is 6.07 Å². The van der Waals surface area contributed by atoms with Gasteiger partial charge in [-0.1, -0.05) is 75.4 Å². The van der Waals surface area contributed by atoms with E-state index in [0.29, 0.717) is 5.75 Å². The first-order valence-electron chi connectivity index (χ1n) is 9.57. The minimum atomic E-state index is -1.73. The minimum Gasteiger partial charge on any atom is -0.532 e. The van der Waals surface area contributed by atoms with Gasteiger partial charge in [0.1, 0.15) is 17.1 Å². The Balaban J connectivity index is 2.08. The van der Waals surface area contributed by atoms with Gasteiger partial charge in [0.05, 0.1) is 5.88 Å². The number of benzene rings is 3. The third-order valence-corrected chi connectivity index (χ3v) is 7.26. The molecule has 0 aliphatic heterocycles. The van der Waals surface area contributed by atoms with Crippen LogP contribution in [-0.2, 0) is 11.3 Å². The number of rotatable bonds is 6. The number of carboxylic acid groups (broad SMARTS) is 1. The lowest BCUT2D eigenvalue weighted by Crippen LogP contribution is -2.47. The number of carboxylic acids is 1. The van der Waals surface area contributed by atoms with E-state index in [4.69, 9.17) is 16.0 Å². The van der Waals surface area contributed by atoms with Gasteiger partial charge in [-0.2, -0.15) is 0 Å². The first-order chi connectivity index (χ1) is 14.2. The lowest BCUT2D eigenvalue weighted by atomic mass is 9.87. The Morgan fingerprint density at radius 2 is 1.57 bits per heavy atom. The standard InChI is InChI=1S/C24H24ClO4Si/c1-24(2,3)16-9-11-18(12-10-16)30(17-7-5-4-6-8-17)29-21-14-13-20(26)22(23(27)28)19(21)15-25/h4-14,26H,15H2,1-3H3,(H,27,28). The summed E-state index contributed by atoms with van der Waals surface area (Å²) in [7, 11) is -1.73. The van der Waals surface area contributed by atoms with E-state index in [9.17, 15) is 15.0 Å². The quantitative estimate of drug-likeness (QED) is 0.443. The van der Waals surface area contributed by atoms with Crippen molar-refractivity contribution in [1.82, 2.24) is 0 Å². The van der Waals surface area contributed by atoms with Crippen molar-refractivity contribution in [3.8, 4) is 11.5 Å². The fraction of sp³-hybridized carbons (Fsp3) is 0.208. The lowest BCUT2D eigenvalue weighted by Gasteiger charge is -2.22. The van der Waals surface area contributed by atoms with Crippen molar-refractivity contribution in [2.24, 2.45) is 0 Å². The first-order valence-corrected chi connectivity index (χ1v) is 11.5. The van der Waals surface area contributed by atoms with E-state index >= 15 is 0 Å². The molecule has 0 heterocycles. The van der Waals surface area contributed by atoms with Crippen molar-refractivity contribution >= 4 is 37.0 Å². The highest BCUT2D eigenvalue weighted by atomic mass is 35.5. The van der Waals surface area contributed by atoms with E-state index < -0.39 is 15.0 Å². The van der Waals surface area contributed by atoms with Gasteiger partial charge in [-0.05, 0) is 33.5 Å². The molecule has 6 heteroatoms. The second-order valence-corrected chi connectivity index (χ2v) is 10.3. The Morgan fingerprint density at radius 1 is 0.967 bits per heavy atom. The van der Waals surface area contributed by atoms with Gasteiger partial charge >= 0.3 is 15.0 Å². The fourth-order valence-corrected chi connectivity index (χ4v) is 5.40. The molecule has 0 aliphatic rings. The number of carbonyl (C=O) groups is 1. The molecule has 1 radical (unpaired) electrons. The summed E-state index contributed by atoms with van der Waals surface area (Å²) in [5.41, 5.74) is 1.31. The molecule has 3 aromatic carbocycles. The Morgan fingerprint density at radius 3 is 2.10 bits per heavy atom. The zero-order valence-electron chi connectivity index (χ0n) is 17.1. The minimum absolute atomic E-state index is 0.0399. The van der Waals surface area contributed by atoms with Gasteiger partial charge in [-0.25, -0.2) is 4.79 Å². The van der Waals surface area contributed by atoms with Gasteiger partial charge in [-0.15, -0.1) is 11.6 Å². The highest BCUT2D eigenvalue weighted by Gasteiger charge is 2.26. The predicted octanol–water partition coefficient (Wildman–Crippen LogP) is 4.31. The number of alkyl halides is 1. The zero-order chi connectivity index (χ0) is 21.9. The summed E-state index contributed by atoms with van der Waals surface area (Å²) in [6, 6.07) is 21.1. The molecule has 3 rings (SSSR count). The smallest absolute Gasteiger partial charge is 0.352 e. The van der Waals surface area contributed by atoms with E-state index in [-0.39, 0.29) is 28.2 Å². The molecule has 0 amide bonds. The second kappa shape index (κ2) is 8.94. The van der Waals surface area contributed by atoms with Crippen LogP contribution in [0.1, 0.15) is 42.3 Å². The van der Waals surface area contributed by atoms with Crippen molar-refractivity contribution in [2.45, 2.75) is 32.1 Å². The van der Waals surface area contributed by atoms with Crippen molar-refractivity contribution in [3.05, 3.63) is 83.4 Å². The first kappa shape index (κ1) is 21.9. The average molecular weight is 440 g/mol. The molecule has 0 bridgehead atoms. The van der Waals surface area contributed by atoms with E-state index in [0.717, 1.165) is 10.4 Å². The largest absolute Gasteiger partial charge is 0.532 e. The van der Waals surface area contributed by atoms with Gasteiger partial charge in [0.25, 0.3) is 0 Å². The van der Waals surface area contributed by atoms with Crippen LogP contribution in [0.15, 0.2) is 66.7 Å². The Labute approximate surface area is 183 Å². The van der Waals surface area contributed by atoms with Crippen molar-refractivity contribution < 1.29 is 19.4 Å². The molecule has 0 saturated carbocycles. The lowest BCUT2D eigenvalue weighted by molar-refractivity contribution is 0.0692. The van der Waals surface area contributed by atoms with Gasteiger partial charge in [-0.3, -0.25) is 0 Å². The van der Waals surface area contributed by atoms with Gasteiger partial charge in [0, 0.05) is 5.56 Å². The summed E-state index contributed by atoms with van der Waals surface area (Å²) < 4.78 is 6.42. The van der Waals surface area contributed by atoms with Gasteiger partial charge < -0.3 is 14.6 Å². The van der Waals surface area contributed by atoms with E-state index in [2.05, 4.69) is 45.0 Å². The molecule has 0 spiro atoms. The molecule has 0 atom stereocenters. The van der Waals surface area contributed by atoms with Crippen LogP contribution < -0.4 is 14.8 Å². The maximum absolute atomic E-state index is 11.6. The summed E-state index contributed by atoms with van der Waals surface area (Å²) in [5.74, 6) is -1.28. The topological polar surface area (TPSA) is 66.8 Å². The van der Waals surface area contributed by atoms with Crippen molar-refractivity contribution in [1.29, 1.82) is 0 Å². The average Bonchev–Trinajstić information content (AvgIpc) is 2.72. The van der Waals surface area contributed by atoms with Gasteiger partial charge in [0.2, 0.25) is 0 Å². The summed E-state index contributed by atoms with van der Waals surface area (Å²) in [6.07, 6.45) is 0. The molecule has 0 unspecified atom stereocenters. The molecular formula is C24H24ClO4Si. The van der Waals surface area contributed by atoms with Crippen LogP contribution in [0.2, 0.25) is 0 Å². The third-order valence-electron chi connectivity index (χ3n) is 4.86. The van der Waals surface area contributed by atoms with Gasteiger partial charge in [0.15, 0.2) is 0 Å². The van der Waals surface area contributed by atoms with Crippen LogP contribution in [0, 0.1) is 0 Å². The monoisotopic (exact) mass is 439 g/mol. The maximum Gasteiger partial charge on any atom is 0.352 e. The summed E-state index contributed by atoms with van der Waals surface area (Å²) in [5, 5.41) is 21.6. The predicted molar refractivity (Wildman–Crippen MR) is 122 cm³/mol. The van der Waals surface area contributed by atoms with Crippen molar-refractivity contribution in [2.75, 3.05) is 0 Å². The van der Waals surface area contributed by atoms with Crippen LogP contribution in [0.4, 0.5) is 0 Å². The molecule has 3 aromatic rings. The molecule has 2 N–H and O–H groups in total. The molecule has 0 aromatic heterocycles. The summed E-state index contributed by atoms with van der Waals surface area (Å²) >= 11 is 6.06. The second-order valence-electron chi connectivity index (χ2n) is 8.00. The molecule has 0 saturated heterocycles. The third kappa shape index (κ3) is 4.69. The van der Waals surface area contributed by atoms with Crippen LogP contribution in [0.5, 0.6) is 11.5 Å². The molecule has 0 fully saturated rings. The SMILES string of the molecule is CC(C)(C)c1ccc([Si](Oc2ccc(O)c(C(=O)O)c2CCl)c2ccccc2)cc1. The molecule has 4 nitrogen and oxygen atoms in total. The number of hydrogen-bond donors (Lipinski definition) is 2. The van der Waals surface area contributed by atoms with Crippen LogP contribution in [0.3, 0.4) is 0 Å². The summed E-state index contributed by atoms with van der Waals surface area (Å²) in [4.78, 5) is 11.6. The number of aromatic hydroxyl groups is 1. The number of aromatic carboxylic acids is 1. The Kier molecular flexibility index (Phi) is 6.54. The van der Waals surface area contributed by atoms with Crippen LogP contribution in [0.25, 0.3) is 0 Å². The summed E-state index contributed by atoms with van der Waals surface area (Å²) in [6.45, 7) is 6.49. The van der Waals surface area contributed by atoms with E-state index in [1.807, 2.05) is 30.3 Å². The van der Waals surface area contributed by atoms with Crippen LogP contribution >= 0.6 is 11.6 Å². The molecule has 0 aliphatic carbocycles.